The summed E-state index contributed by atoms with van der Waals surface area (Å²) in [6, 6.07) is 9.87. The van der Waals surface area contributed by atoms with Crippen molar-refractivity contribution in [1.29, 1.82) is 0 Å². The van der Waals surface area contributed by atoms with Crippen molar-refractivity contribution < 1.29 is 14.6 Å². The molecule has 1 aliphatic rings. The molecule has 3 heteroatoms. The maximum Gasteiger partial charge on any atom is 0.195 e. The van der Waals surface area contributed by atoms with Gasteiger partial charge in [-0.05, 0) is 0 Å². The lowest BCUT2D eigenvalue weighted by molar-refractivity contribution is -0.182. The smallest absolute Gasteiger partial charge is 0.195 e. The molecule has 1 N–H and O–H groups in total. The molecule has 82 valence electrons. The zero-order chi connectivity index (χ0) is 10.7. The lowest BCUT2D eigenvalue weighted by atomic mass is 10.0. The first-order chi connectivity index (χ1) is 7.30. The maximum absolute atomic E-state index is 9.04. The van der Waals surface area contributed by atoms with Gasteiger partial charge < -0.3 is 14.6 Å². The van der Waals surface area contributed by atoms with E-state index >= 15 is 0 Å². The van der Waals surface area contributed by atoms with Crippen LogP contribution in [0.2, 0.25) is 0 Å². The highest BCUT2D eigenvalue weighted by molar-refractivity contribution is 5.21. The van der Waals surface area contributed by atoms with Crippen LogP contribution in [0.5, 0.6) is 0 Å². The molecule has 2 atom stereocenters. The molecule has 1 heterocycles. The number of benzene rings is 1. The fraction of sp³-hybridized carbons (Fsp3) is 0.500. The van der Waals surface area contributed by atoms with Crippen molar-refractivity contribution in [3.63, 3.8) is 0 Å². The molecule has 0 saturated carbocycles. The van der Waals surface area contributed by atoms with Crippen molar-refractivity contribution in [3.8, 4) is 0 Å². The third-order valence-electron chi connectivity index (χ3n) is 2.74. The molecule has 1 aromatic rings. The maximum atomic E-state index is 9.04. The van der Waals surface area contributed by atoms with Crippen LogP contribution < -0.4 is 0 Å². The molecule has 0 aliphatic carbocycles. The summed E-state index contributed by atoms with van der Waals surface area (Å²) in [5.74, 6) is -0.658. The standard InChI is InChI=1S/C12H16O3/c1-2-12(10-6-4-3-5-7-10)14-9-11(8-13)15-12/h3-7,11,13H,2,8-9H2,1H3. The molecule has 2 rings (SSSR count). The Morgan fingerprint density at radius 2 is 2.13 bits per heavy atom. The Labute approximate surface area is 89.6 Å². The number of rotatable bonds is 3. The first-order valence-corrected chi connectivity index (χ1v) is 5.29. The molecule has 1 fully saturated rings. The van der Waals surface area contributed by atoms with E-state index in [1.807, 2.05) is 37.3 Å². The molecule has 1 aliphatic heterocycles. The molecule has 0 bridgehead atoms. The van der Waals surface area contributed by atoms with Crippen molar-refractivity contribution in [3.05, 3.63) is 35.9 Å². The van der Waals surface area contributed by atoms with Gasteiger partial charge in [-0.2, -0.15) is 0 Å². The second-order valence-corrected chi connectivity index (χ2v) is 3.71. The first kappa shape index (κ1) is 10.6. The van der Waals surface area contributed by atoms with E-state index in [9.17, 15) is 0 Å². The monoisotopic (exact) mass is 208 g/mol. The summed E-state index contributed by atoms with van der Waals surface area (Å²) in [5, 5.41) is 9.04. The average Bonchev–Trinajstić information content (AvgIpc) is 2.75. The first-order valence-electron chi connectivity index (χ1n) is 5.29. The topological polar surface area (TPSA) is 38.7 Å². The Kier molecular flexibility index (Phi) is 3.05. The van der Waals surface area contributed by atoms with Crippen molar-refractivity contribution in [2.45, 2.75) is 25.2 Å². The highest BCUT2D eigenvalue weighted by Crippen LogP contribution is 2.36. The molecule has 0 aromatic heterocycles. The Morgan fingerprint density at radius 3 is 2.67 bits per heavy atom. The number of hydrogen-bond acceptors (Lipinski definition) is 3. The van der Waals surface area contributed by atoms with Gasteiger partial charge >= 0.3 is 0 Å². The molecule has 1 aromatic carbocycles. The molecule has 2 unspecified atom stereocenters. The third kappa shape index (κ3) is 1.91. The highest BCUT2D eigenvalue weighted by atomic mass is 16.7. The van der Waals surface area contributed by atoms with Gasteiger partial charge in [0.05, 0.1) is 13.2 Å². The Bertz CT molecular complexity index is 312. The van der Waals surface area contributed by atoms with Crippen molar-refractivity contribution >= 4 is 0 Å². The third-order valence-corrected chi connectivity index (χ3v) is 2.74. The van der Waals surface area contributed by atoms with Crippen LogP contribution in [0.3, 0.4) is 0 Å². The minimum absolute atomic E-state index is 0.00852. The summed E-state index contributed by atoms with van der Waals surface area (Å²) in [6.45, 7) is 2.49. The van der Waals surface area contributed by atoms with Crippen LogP contribution in [-0.2, 0) is 15.3 Å². The van der Waals surface area contributed by atoms with Gasteiger partial charge in [-0.1, -0.05) is 37.3 Å². The number of hydrogen-bond donors (Lipinski definition) is 1. The molecule has 3 nitrogen and oxygen atoms in total. The van der Waals surface area contributed by atoms with Gasteiger partial charge in [-0.15, -0.1) is 0 Å². The summed E-state index contributed by atoms with van der Waals surface area (Å²) in [4.78, 5) is 0. The van der Waals surface area contributed by atoms with Gasteiger partial charge in [-0.25, -0.2) is 0 Å². The predicted octanol–water partition coefficient (Wildman–Crippen LogP) is 1.66. The summed E-state index contributed by atoms with van der Waals surface area (Å²) in [6.07, 6.45) is 0.540. The van der Waals surface area contributed by atoms with E-state index in [-0.39, 0.29) is 12.7 Å². The number of ether oxygens (including phenoxy) is 2. The van der Waals surface area contributed by atoms with Crippen LogP contribution in [-0.4, -0.2) is 24.4 Å². The van der Waals surface area contributed by atoms with Gasteiger partial charge in [-0.3, -0.25) is 0 Å². The largest absolute Gasteiger partial charge is 0.394 e. The molecule has 0 radical (unpaired) electrons. The quantitative estimate of drug-likeness (QED) is 0.821. The van der Waals surface area contributed by atoms with Gasteiger partial charge in [0.2, 0.25) is 0 Å². The van der Waals surface area contributed by atoms with Crippen molar-refractivity contribution in [1.82, 2.24) is 0 Å². The van der Waals surface area contributed by atoms with Crippen LogP contribution >= 0.6 is 0 Å². The Hall–Kier alpha value is -0.900. The fourth-order valence-electron chi connectivity index (χ4n) is 1.89. The predicted molar refractivity (Wildman–Crippen MR) is 56.3 cm³/mol. The molecule has 0 spiro atoms. The van der Waals surface area contributed by atoms with E-state index < -0.39 is 5.79 Å². The summed E-state index contributed by atoms with van der Waals surface area (Å²) in [7, 11) is 0. The van der Waals surface area contributed by atoms with Gasteiger partial charge in [0, 0.05) is 12.0 Å². The fourth-order valence-corrected chi connectivity index (χ4v) is 1.89. The second-order valence-electron chi connectivity index (χ2n) is 3.71. The summed E-state index contributed by atoms with van der Waals surface area (Å²) < 4.78 is 11.5. The van der Waals surface area contributed by atoms with Crippen molar-refractivity contribution in [2.75, 3.05) is 13.2 Å². The Balaban J connectivity index is 2.24. The van der Waals surface area contributed by atoms with Crippen LogP contribution in [0.15, 0.2) is 30.3 Å². The molecular formula is C12H16O3. The Morgan fingerprint density at radius 1 is 1.40 bits per heavy atom. The number of aliphatic hydroxyl groups is 1. The van der Waals surface area contributed by atoms with E-state index in [0.29, 0.717) is 6.61 Å². The molecule has 1 saturated heterocycles. The van der Waals surface area contributed by atoms with Gasteiger partial charge in [0.25, 0.3) is 0 Å². The molecule has 0 amide bonds. The average molecular weight is 208 g/mol. The zero-order valence-electron chi connectivity index (χ0n) is 8.85. The van der Waals surface area contributed by atoms with Gasteiger partial charge in [0.15, 0.2) is 5.79 Å². The SMILES string of the molecule is CCC1(c2ccccc2)OCC(CO)O1. The van der Waals surface area contributed by atoms with Crippen LogP contribution in [0.25, 0.3) is 0 Å². The van der Waals surface area contributed by atoms with Crippen molar-refractivity contribution in [2.24, 2.45) is 0 Å². The van der Waals surface area contributed by atoms with Crippen LogP contribution in [0.1, 0.15) is 18.9 Å². The lowest BCUT2D eigenvalue weighted by Gasteiger charge is -2.27. The second kappa shape index (κ2) is 4.31. The zero-order valence-corrected chi connectivity index (χ0v) is 8.85. The van der Waals surface area contributed by atoms with E-state index in [4.69, 9.17) is 14.6 Å². The minimum atomic E-state index is -0.658. The number of aliphatic hydroxyl groups excluding tert-OH is 1. The summed E-state index contributed by atoms with van der Waals surface area (Å²) in [5.41, 5.74) is 1.02. The normalized spacial score (nSPS) is 30.7. The lowest BCUT2D eigenvalue weighted by Crippen LogP contribution is -2.27. The van der Waals surface area contributed by atoms with Crippen LogP contribution in [0, 0.1) is 0 Å². The van der Waals surface area contributed by atoms with E-state index in [1.165, 1.54) is 0 Å². The molecule has 15 heavy (non-hydrogen) atoms. The van der Waals surface area contributed by atoms with E-state index in [0.717, 1.165) is 12.0 Å². The molecular weight excluding hydrogens is 192 g/mol. The summed E-state index contributed by atoms with van der Waals surface area (Å²) >= 11 is 0. The van der Waals surface area contributed by atoms with E-state index in [2.05, 4.69) is 0 Å². The van der Waals surface area contributed by atoms with Crippen LogP contribution in [0.4, 0.5) is 0 Å². The van der Waals surface area contributed by atoms with E-state index in [1.54, 1.807) is 0 Å². The van der Waals surface area contributed by atoms with Gasteiger partial charge in [0.1, 0.15) is 6.10 Å². The highest BCUT2D eigenvalue weighted by Gasteiger charge is 2.41. The minimum Gasteiger partial charge on any atom is -0.394 e.